The summed E-state index contributed by atoms with van der Waals surface area (Å²) in [4.78, 5) is 17.5. The highest BCUT2D eigenvalue weighted by Gasteiger charge is 2.35. The van der Waals surface area contributed by atoms with Crippen LogP contribution in [0, 0.1) is 0 Å². The van der Waals surface area contributed by atoms with E-state index >= 15 is 0 Å². The number of nitrogens with zero attached hydrogens (tertiary/aromatic N) is 3. The summed E-state index contributed by atoms with van der Waals surface area (Å²) < 4.78 is 17.9. The number of carbonyl (C=O) groups excluding carboxylic acids is 1. The van der Waals surface area contributed by atoms with Crippen LogP contribution in [0.3, 0.4) is 0 Å². The zero-order valence-corrected chi connectivity index (χ0v) is 18.4. The molecule has 2 heterocycles. The molecule has 160 valence electrons. The van der Waals surface area contributed by atoms with Gasteiger partial charge in [0.15, 0.2) is 11.5 Å². The number of hydrogen-bond donors (Lipinski definition) is 1. The Labute approximate surface area is 180 Å². The molecule has 1 aliphatic rings. The topological polar surface area (TPSA) is 87.5 Å². The van der Waals surface area contributed by atoms with Gasteiger partial charge in [-0.3, -0.25) is 0 Å². The number of allylic oxidation sites excluding steroid dienone is 1. The molecule has 3 rings (SSSR count). The van der Waals surface area contributed by atoms with E-state index in [1.165, 1.54) is 6.08 Å². The number of anilines is 1. The molecule has 1 aromatic carbocycles. The highest BCUT2D eigenvalue weighted by atomic mass is 32.2. The molecule has 1 N–H and O–H groups in total. The van der Waals surface area contributed by atoms with Gasteiger partial charge in [0.1, 0.15) is 12.6 Å². The molecule has 0 saturated heterocycles. The van der Waals surface area contributed by atoms with Gasteiger partial charge in [0, 0.05) is 11.4 Å². The molecule has 2 aromatic rings. The predicted molar refractivity (Wildman–Crippen MR) is 116 cm³/mol. The zero-order chi connectivity index (χ0) is 21.7. The van der Waals surface area contributed by atoms with Crippen LogP contribution in [0.5, 0.6) is 11.5 Å². The van der Waals surface area contributed by atoms with Crippen molar-refractivity contribution >= 4 is 23.7 Å². The van der Waals surface area contributed by atoms with Gasteiger partial charge in [-0.05, 0) is 31.0 Å². The van der Waals surface area contributed by atoms with Crippen molar-refractivity contribution < 1.29 is 19.0 Å². The van der Waals surface area contributed by atoms with E-state index in [4.69, 9.17) is 14.2 Å². The second-order valence-electron chi connectivity index (χ2n) is 6.58. The van der Waals surface area contributed by atoms with Gasteiger partial charge in [0.05, 0.1) is 19.8 Å². The fraction of sp³-hybridized carbons (Fsp3) is 0.381. The van der Waals surface area contributed by atoms with Crippen molar-refractivity contribution in [3.63, 3.8) is 0 Å². The monoisotopic (exact) mass is 430 g/mol. The van der Waals surface area contributed by atoms with Crippen molar-refractivity contribution in [2.75, 3.05) is 31.9 Å². The number of methoxy groups -OCH3 is 2. The molecule has 9 heteroatoms. The molecule has 0 spiro atoms. The van der Waals surface area contributed by atoms with E-state index in [2.05, 4.69) is 28.9 Å². The zero-order valence-electron chi connectivity index (χ0n) is 17.6. The number of esters is 1. The number of fused-ring (bicyclic) bond motifs is 1. The van der Waals surface area contributed by atoms with E-state index in [-0.39, 0.29) is 6.61 Å². The first-order chi connectivity index (χ1) is 14.5. The lowest BCUT2D eigenvalue weighted by molar-refractivity contribution is -0.138. The minimum atomic E-state index is -0.526. The molecular weight excluding hydrogens is 404 g/mol. The van der Waals surface area contributed by atoms with E-state index in [1.54, 1.807) is 30.7 Å². The lowest BCUT2D eigenvalue weighted by atomic mass is 9.95. The Morgan fingerprint density at radius 2 is 2.10 bits per heavy atom. The standard InChI is InChI=1S/C21H26N4O4S/c1-6-10-29-19(26)17-13(3)22-20-23-21(30-11-7-2)24-25(20)18(17)14-8-9-15(27-4)16(12-14)28-5/h6,8-9,12,18H,1,7,10-11H2,2-5H3,(H,22,23,24). The Morgan fingerprint density at radius 3 is 2.77 bits per heavy atom. The molecule has 1 aromatic heterocycles. The second kappa shape index (κ2) is 9.71. The van der Waals surface area contributed by atoms with Gasteiger partial charge < -0.3 is 19.5 Å². The molecule has 0 aliphatic carbocycles. The summed E-state index contributed by atoms with van der Waals surface area (Å²) in [7, 11) is 3.15. The second-order valence-corrected chi connectivity index (χ2v) is 7.64. The number of carbonyl (C=O) groups is 1. The lowest BCUT2D eigenvalue weighted by Gasteiger charge is -2.28. The van der Waals surface area contributed by atoms with Crippen molar-refractivity contribution in [3.05, 3.63) is 47.7 Å². The first-order valence-electron chi connectivity index (χ1n) is 9.61. The highest BCUT2D eigenvalue weighted by molar-refractivity contribution is 7.99. The van der Waals surface area contributed by atoms with Gasteiger partial charge in [-0.1, -0.05) is 37.4 Å². The van der Waals surface area contributed by atoms with Crippen molar-refractivity contribution in [1.82, 2.24) is 14.8 Å². The molecule has 30 heavy (non-hydrogen) atoms. The van der Waals surface area contributed by atoms with Gasteiger partial charge in [-0.2, -0.15) is 4.98 Å². The maximum atomic E-state index is 12.9. The third-order valence-corrected chi connectivity index (χ3v) is 5.59. The molecule has 0 fully saturated rings. The Hall–Kier alpha value is -2.94. The van der Waals surface area contributed by atoms with E-state index in [0.29, 0.717) is 33.9 Å². The first kappa shape index (κ1) is 21.8. The van der Waals surface area contributed by atoms with Crippen LogP contribution in [0.1, 0.15) is 31.9 Å². The van der Waals surface area contributed by atoms with Crippen molar-refractivity contribution in [2.45, 2.75) is 31.5 Å². The van der Waals surface area contributed by atoms with Gasteiger partial charge in [0.25, 0.3) is 0 Å². The van der Waals surface area contributed by atoms with Crippen LogP contribution >= 0.6 is 11.8 Å². The summed E-state index contributed by atoms with van der Waals surface area (Å²) in [5, 5.41) is 8.50. The fourth-order valence-corrected chi connectivity index (χ4v) is 3.88. The summed E-state index contributed by atoms with van der Waals surface area (Å²) in [5.41, 5.74) is 1.92. The van der Waals surface area contributed by atoms with Gasteiger partial charge in [0.2, 0.25) is 11.1 Å². The summed E-state index contributed by atoms with van der Waals surface area (Å²) in [5.74, 6) is 2.21. The molecule has 1 aliphatic heterocycles. The maximum Gasteiger partial charge on any atom is 0.338 e. The Balaban J connectivity index is 2.11. The van der Waals surface area contributed by atoms with Crippen molar-refractivity contribution in [1.29, 1.82) is 0 Å². The van der Waals surface area contributed by atoms with E-state index in [1.807, 2.05) is 25.1 Å². The average molecular weight is 431 g/mol. The normalized spacial score (nSPS) is 15.3. The summed E-state index contributed by atoms with van der Waals surface area (Å²) >= 11 is 1.57. The third-order valence-electron chi connectivity index (χ3n) is 4.54. The maximum absolute atomic E-state index is 12.9. The summed E-state index contributed by atoms with van der Waals surface area (Å²) in [6, 6.07) is 5.01. The Bertz CT molecular complexity index is 970. The molecule has 0 amide bonds. The third kappa shape index (κ3) is 4.30. The van der Waals surface area contributed by atoms with Crippen molar-refractivity contribution in [2.24, 2.45) is 0 Å². The minimum absolute atomic E-state index is 0.121. The Morgan fingerprint density at radius 1 is 1.33 bits per heavy atom. The van der Waals surface area contributed by atoms with Crippen LogP contribution in [0.4, 0.5) is 5.95 Å². The average Bonchev–Trinajstić information content (AvgIpc) is 3.16. The predicted octanol–water partition coefficient (Wildman–Crippen LogP) is 3.82. The van der Waals surface area contributed by atoms with E-state index < -0.39 is 12.0 Å². The number of ether oxygens (including phenoxy) is 3. The number of benzene rings is 1. The number of thioether (sulfide) groups is 1. The van der Waals surface area contributed by atoms with Crippen LogP contribution in [0.2, 0.25) is 0 Å². The number of aromatic nitrogens is 3. The lowest BCUT2D eigenvalue weighted by Crippen LogP contribution is -2.29. The molecule has 0 saturated carbocycles. The van der Waals surface area contributed by atoms with Crippen LogP contribution < -0.4 is 14.8 Å². The van der Waals surface area contributed by atoms with Crippen LogP contribution in [-0.2, 0) is 9.53 Å². The smallest absolute Gasteiger partial charge is 0.338 e. The fourth-order valence-electron chi connectivity index (χ4n) is 3.19. The van der Waals surface area contributed by atoms with Crippen LogP contribution in [-0.4, -0.2) is 47.3 Å². The number of nitrogens with one attached hydrogen (secondary N) is 1. The number of rotatable bonds is 9. The van der Waals surface area contributed by atoms with Gasteiger partial charge in [-0.15, -0.1) is 5.10 Å². The largest absolute Gasteiger partial charge is 0.493 e. The SMILES string of the molecule is C=CCOC(=O)C1=C(C)Nc2nc(SCCC)nn2C1c1ccc(OC)c(OC)c1. The van der Waals surface area contributed by atoms with Gasteiger partial charge >= 0.3 is 5.97 Å². The van der Waals surface area contributed by atoms with E-state index in [0.717, 1.165) is 17.7 Å². The molecule has 0 radical (unpaired) electrons. The summed E-state index contributed by atoms with van der Waals surface area (Å²) in [6.07, 6.45) is 2.55. The Kier molecular flexibility index (Phi) is 7.04. The minimum Gasteiger partial charge on any atom is -0.493 e. The van der Waals surface area contributed by atoms with E-state index in [9.17, 15) is 4.79 Å². The molecule has 1 atom stereocenters. The molecule has 1 unspecified atom stereocenters. The summed E-state index contributed by atoms with van der Waals surface area (Å²) in [6.45, 7) is 7.67. The first-order valence-corrected chi connectivity index (χ1v) is 10.6. The van der Waals surface area contributed by atoms with Gasteiger partial charge in [-0.25, -0.2) is 9.48 Å². The quantitative estimate of drug-likeness (QED) is 0.365. The van der Waals surface area contributed by atoms with Crippen molar-refractivity contribution in [3.8, 4) is 11.5 Å². The number of hydrogen-bond acceptors (Lipinski definition) is 8. The molecule has 0 bridgehead atoms. The molecule has 8 nitrogen and oxygen atoms in total. The molecular formula is C21H26N4O4S. The van der Waals surface area contributed by atoms with Crippen LogP contribution in [0.15, 0.2) is 47.3 Å². The highest BCUT2D eigenvalue weighted by Crippen LogP contribution is 2.39. The van der Waals surface area contributed by atoms with Crippen LogP contribution in [0.25, 0.3) is 0 Å².